The Balaban J connectivity index is 2.80. The van der Waals surface area contributed by atoms with Gasteiger partial charge in [0, 0.05) is 11.8 Å². The van der Waals surface area contributed by atoms with Gasteiger partial charge < -0.3 is 0 Å². The fourth-order valence-corrected chi connectivity index (χ4v) is 0.932. The van der Waals surface area contributed by atoms with E-state index in [1.54, 1.807) is 6.20 Å². The molecule has 0 unspecified atom stereocenters. The summed E-state index contributed by atoms with van der Waals surface area (Å²) in [5, 5.41) is 4.17. The summed E-state index contributed by atoms with van der Waals surface area (Å²) in [5.41, 5.74) is 0.904. The largest absolute Gasteiger partial charge is 0.267 e. The Morgan fingerprint density at radius 2 is 2.31 bits per heavy atom. The van der Waals surface area contributed by atoms with Gasteiger partial charge in [0.1, 0.15) is 0 Å². The number of aromatic nitrogens is 2. The van der Waals surface area contributed by atoms with Crippen LogP contribution in [0, 0.1) is 0 Å². The van der Waals surface area contributed by atoms with Gasteiger partial charge in [-0.2, -0.15) is 5.10 Å². The third kappa shape index (κ3) is 2.53. The molecule has 13 heavy (non-hydrogen) atoms. The lowest BCUT2D eigenvalue weighted by atomic mass is 10.1. The van der Waals surface area contributed by atoms with Gasteiger partial charge in [-0.05, 0) is 20.8 Å². The number of hydrogen-bond acceptors (Lipinski definition) is 3. The topological polar surface area (TPSA) is 47.2 Å². The summed E-state index contributed by atoms with van der Waals surface area (Å²) in [5.74, 6) is 0. The van der Waals surface area contributed by atoms with Crippen molar-refractivity contribution in [3.63, 3.8) is 0 Å². The predicted octanol–water partition coefficient (Wildman–Crippen LogP) is 1.47. The Kier molecular flexibility index (Phi) is 2.63. The summed E-state index contributed by atoms with van der Waals surface area (Å²) in [6.07, 6.45) is 5.11. The molecule has 0 radical (unpaired) electrons. The van der Waals surface area contributed by atoms with Crippen molar-refractivity contribution in [2.75, 3.05) is 0 Å². The fraction of sp³-hybridized carbons (Fsp3) is 0.556. The SMILES string of the molecule is CC(C)(C)n1cc(CN=C=O)cn1. The maximum atomic E-state index is 9.86. The molecular formula is C9H13N3O. The highest BCUT2D eigenvalue weighted by Gasteiger charge is 2.13. The van der Waals surface area contributed by atoms with E-state index in [0.29, 0.717) is 6.54 Å². The fourth-order valence-electron chi connectivity index (χ4n) is 0.932. The van der Waals surface area contributed by atoms with E-state index in [0.717, 1.165) is 5.56 Å². The molecule has 0 N–H and O–H groups in total. The van der Waals surface area contributed by atoms with Crippen molar-refractivity contribution in [2.45, 2.75) is 32.9 Å². The average molecular weight is 179 g/mol. The molecule has 0 aliphatic heterocycles. The number of rotatable bonds is 2. The molecule has 1 aromatic rings. The minimum atomic E-state index is -0.0247. The first-order chi connectivity index (χ1) is 6.04. The Morgan fingerprint density at radius 3 is 2.77 bits per heavy atom. The summed E-state index contributed by atoms with van der Waals surface area (Å²) in [6.45, 7) is 6.55. The van der Waals surface area contributed by atoms with Crippen LogP contribution in [-0.4, -0.2) is 15.9 Å². The van der Waals surface area contributed by atoms with Gasteiger partial charge in [0.25, 0.3) is 0 Å². The number of carbonyl (C=O) groups excluding carboxylic acids is 1. The summed E-state index contributed by atoms with van der Waals surface area (Å²) in [4.78, 5) is 13.3. The van der Waals surface area contributed by atoms with Crippen molar-refractivity contribution in [3.05, 3.63) is 18.0 Å². The van der Waals surface area contributed by atoms with Crippen LogP contribution in [0.1, 0.15) is 26.3 Å². The van der Waals surface area contributed by atoms with Crippen molar-refractivity contribution in [1.82, 2.24) is 9.78 Å². The number of hydrogen-bond donors (Lipinski definition) is 0. The quantitative estimate of drug-likeness (QED) is 0.510. The van der Waals surface area contributed by atoms with Crippen LogP contribution >= 0.6 is 0 Å². The molecule has 0 atom stereocenters. The van der Waals surface area contributed by atoms with E-state index >= 15 is 0 Å². The summed E-state index contributed by atoms with van der Waals surface area (Å²) < 4.78 is 1.85. The minimum Gasteiger partial charge on any atom is -0.267 e. The van der Waals surface area contributed by atoms with Crippen molar-refractivity contribution in [1.29, 1.82) is 0 Å². The third-order valence-electron chi connectivity index (χ3n) is 1.65. The van der Waals surface area contributed by atoms with E-state index in [2.05, 4.69) is 30.9 Å². The maximum Gasteiger partial charge on any atom is 0.235 e. The van der Waals surface area contributed by atoms with Crippen LogP contribution in [0.15, 0.2) is 17.4 Å². The van der Waals surface area contributed by atoms with Gasteiger partial charge in [-0.1, -0.05) is 0 Å². The Morgan fingerprint density at radius 1 is 1.62 bits per heavy atom. The second-order valence-corrected chi connectivity index (χ2v) is 3.87. The second-order valence-electron chi connectivity index (χ2n) is 3.87. The molecule has 0 fully saturated rings. The highest BCUT2D eigenvalue weighted by atomic mass is 16.1. The standard InChI is InChI=1S/C9H13N3O/c1-9(2,3)12-6-8(5-11-12)4-10-7-13/h5-6H,4H2,1-3H3. The second kappa shape index (κ2) is 3.54. The molecule has 0 aliphatic rings. The van der Waals surface area contributed by atoms with Crippen molar-refractivity contribution >= 4 is 6.08 Å². The van der Waals surface area contributed by atoms with Crippen LogP contribution in [0.2, 0.25) is 0 Å². The van der Waals surface area contributed by atoms with Gasteiger partial charge >= 0.3 is 0 Å². The zero-order valence-electron chi connectivity index (χ0n) is 8.11. The highest BCUT2D eigenvalue weighted by molar-refractivity contribution is 5.33. The Bertz CT molecular complexity index is 329. The van der Waals surface area contributed by atoms with Crippen LogP contribution in [0.4, 0.5) is 0 Å². The van der Waals surface area contributed by atoms with Crippen LogP contribution < -0.4 is 0 Å². The van der Waals surface area contributed by atoms with Gasteiger partial charge in [0.15, 0.2) is 0 Å². The van der Waals surface area contributed by atoms with E-state index < -0.39 is 0 Å². The molecule has 0 amide bonds. The molecule has 0 bridgehead atoms. The molecule has 0 aromatic carbocycles. The third-order valence-corrected chi connectivity index (χ3v) is 1.65. The van der Waals surface area contributed by atoms with E-state index in [1.165, 1.54) is 6.08 Å². The first-order valence-electron chi connectivity index (χ1n) is 4.11. The number of aliphatic imine (C=N–C) groups is 1. The molecule has 1 heterocycles. The summed E-state index contributed by atoms with van der Waals surface area (Å²) in [6, 6.07) is 0. The van der Waals surface area contributed by atoms with E-state index in [4.69, 9.17) is 0 Å². The minimum absolute atomic E-state index is 0.0247. The molecular weight excluding hydrogens is 166 g/mol. The lowest BCUT2D eigenvalue weighted by molar-refractivity contribution is 0.355. The van der Waals surface area contributed by atoms with Crippen LogP contribution in [0.5, 0.6) is 0 Å². The van der Waals surface area contributed by atoms with Gasteiger partial charge in [-0.3, -0.25) is 4.68 Å². The lowest BCUT2D eigenvalue weighted by Gasteiger charge is -2.18. The monoisotopic (exact) mass is 179 g/mol. The molecule has 0 spiro atoms. The number of isocyanates is 1. The van der Waals surface area contributed by atoms with Gasteiger partial charge in [-0.15, -0.1) is 0 Å². The molecule has 4 nitrogen and oxygen atoms in total. The van der Waals surface area contributed by atoms with Gasteiger partial charge in [0.2, 0.25) is 6.08 Å². The molecule has 1 rings (SSSR count). The lowest BCUT2D eigenvalue weighted by Crippen LogP contribution is -2.21. The normalized spacial score (nSPS) is 11.0. The number of nitrogens with zero attached hydrogens (tertiary/aromatic N) is 3. The smallest absolute Gasteiger partial charge is 0.235 e. The Labute approximate surface area is 77.3 Å². The molecule has 70 valence electrons. The molecule has 4 heteroatoms. The van der Waals surface area contributed by atoms with Crippen LogP contribution in [0.25, 0.3) is 0 Å². The van der Waals surface area contributed by atoms with Crippen molar-refractivity contribution in [2.24, 2.45) is 4.99 Å². The molecule has 1 aromatic heterocycles. The van der Waals surface area contributed by atoms with E-state index in [9.17, 15) is 4.79 Å². The van der Waals surface area contributed by atoms with E-state index in [1.807, 2.05) is 10.9 Å². The average Bonchev–Trinajstić information content (AvgIpc) is 2.47. The van der Waals surface area contributed by atoms with Gasteiger partial charge in [0.05, 0.1) is 18.3 Å². The molecule has 0 saturated carbocycles. The maximum absolute atomic E-state index is 9.86. The zero-order chi connectivity index (χ0) is 9.90. The first-order valence-corrected chi connectivity index (χ1v) is 4.11. The highest BCUT2D eigenvalue weighted by Crippen LogP contribution is 2.13. The van der Waals surface area contributed by atoms with Crippen LogP contribution in [0.3, 0.4) is 0 Å². The van der Waals surface area contributed by atoms with Crippen molar-refractivity contribution in [3.8, 4) is 0 Å². The van der Waals surface area contributed by atoms with Crippen molar-refractivity contribution < 1.29 is 4.79 Å². The Hall–Kier alpha value is -1.41. The van der Waals surface area contributed by atoms with Crippen LogP contribution in [-0.2, 0) is 16.9 Å². The molecule has 0 saturated heterocycles. The van der Waals surface area contributed by atoms with E-state index in [-0.39, 0.29) is 5.54 Å². The molecule has 0 aliphatic carbocycles. The predicted molar refractivity (Wildman–Crippen MR) is 49.0 cm³/mol. The first kappa shape index (κ1) is 9.68. The summed E-state index contributed by atoms with van der Waals surface area (Å²) in [7, 11) is 0. The summed E-state index contributed by atoms with van der Waals surface area (Å²) >= 11 is 0. The van der Waals surface area contributed by atoms with Gasteiger partial charge in [-0.25, -0.2) is 9.79 Å². The zero-order valence-corrected chi connectivity index (χ0v) is 8.11.